The molecule has 0 atom stereocenters. The summed E-state index contributed by atoms with van der Waals surface area (Å²) in [4.78, 5) is 1.17. The molecule has 0 saturated heterocycles. The third kappa shape index (κ3) is 4.37. The highest BCUT2D eigenvalue weighted by Gasteiger charge is 2.24. The second-order valence-corrected chi connectivity index (χ2v) is 9.17. The van der Waals surface area contributed by atoms with E-state index in [2.05, 4.69) is 18.6 Å². The Hall–Kier alpha value is -0.390. The molecule has 1 aromatic rings. The lowest BCUT2D eigenvalue weighted by Gasteiger charge is -2.19. The van der Waals surface area contributed by atoms with Crippen molar-refractivity contribution in [3.8, 4) is 0 Å². The van der Waals surface area contributed by atoms with Crippen LogP contribution in [-0.4, -0.2) is 14.0 Å². The zero-order chi connectivity index (χ0) is 14.1. The van der Waals surface area contributed by atoms with E-state index in [4.69, 9.17) is 0 Å². The average molecular weight is 289 g/mol. The van der Waals surface area contributed by atoms with Crippen molar-refractivity contribution in [1.82, 2.24) is 4.72 Å². The Morgan fingerprint density at radius 2 is 1.89 bits per heavy atom. The summed E-state index contributed by atoms with van der Waals surface area (Å²) in [6.45, 7) is 11.8. The quantitative estimate of drug-likeness (QED) is 0.924. The molecule has 0 aliphatic carbocycles. The molecule has 1 heterocycles. The van der Waals surface area contributed by atoms with Gasteiger partial charge in [-0.2, -0.15) is 0 Å². The van der Waals surface area contributed by atoms with E-state index in [1.165, 1.54) is 16.2 Å². The summed E-state index contributed by atoms with van der Waals surface area (Å²) in [5.74, 6) is 0.536. The van der Waals surface area contributed by atoms with Crippen LogP contribution in [-0.2, 0) is 16.4 Å². The molecule has 0 aliphatic rings. The number of hydrogen-bond donors (Lipinski definition) is 1. The number of aryl methyl sites for hydroxylation is 1. The first-order valence-electron chi connectivity index (χ1n) is 6.14. The van der Waals surface area contributed by atoms with Gasteiger partial charge < -0.3 is 0 Å². The van der Waals surface area contributed by atoms with Crippen molar-refractivity contribution in [2.24, 2.45) is 5.92 Å². The molecule has 1 aromatic heterocycles. The first-order chi connectivity index (χ1) is 8.01. The van der Waals surface area contributed by atoms with Crippen LogP contribution >= 0.6 is 11.3 Å². The highest BCUT2D eigenvalue weighted by Crippen LogP contribution is 2.28. The Morgan fingerprint density at radius 3 is 2.33 bits per heavy atom. The number of nitrogens with one attached hydrogen (secondary N) is 1. The van der Waals surface area contributed by atoms with Gasteiger partial charge in [-0.25, -0.2) is 13.1 Å². The van der Waals surface area contributed by atoms with Gasteiger partial charge in [-0.05, 0) is 51.7 Å². The first kappa shape index (κ1) is 15.7. The molecule has 0 amide bonds. The highest BCUT2D eigenvalue weighted by molar-refractivity contribution is 7.91. The molecule has 0 radical (unpaired) electrons. The molecule has 5 heteroatoms. The van der Waals surface area contributed by atoms with E-state index in [1.54, 1.807) is 6.07 Å². The fourth-order valence-corrected chi connectivity index (χ4v) is 4.87. The molecular weight excluding hydrogens is 266 g/mol. The summed E-state index contributed by atoms with van der Waals surface area (Å²) in [5.41, 5.74) is 0.623. The van der Waals surface area contributed by atoms with Crippen LogP contribution in [0.4, 0.5) is 0 Å². The van der Waals surface area contributed by atoms with Gasteiger partial charge in [0.25, 0.3) is 10.0 Å². The molecule has 0 saturated carbocycles. The number of thiophene rings is 1. The largest absolute Gasteiger partial charge is 0.250 e. The molecule has 0 bridgehead atoms. The summed E-state index contributed by atoms with van der Waals surface area (Å²) >= 11 is 1.38. The van der Waals surface area contributed by atoms with Gasteiger partial charge in [0.1, 0.15) is 4.21 Å². The van der Waals surface area contributed by atoms with Crippen LogP contribution < -0.4 is 4.72 Å². The van der Waals surface area contributed by atoms with E-state index in [1.807, 2.05) is 27.7 Å². The molecule has 0 unspecified atom stereocenters. The molecule has 0 aromatic carbocycles. The Kier molecular flexibility index (Phi) is 4.62. The number of hydrogen-bond acceptors (Lipinski definition) is 3. The lowest BCUT2D eigenvalue weighted by Crippen LogP contribution is -2.40. The van der Waals surface area contributed by atoms with Crippen LogP contribution in [0.3, 0.4) is 0 Å². The van der Waals surface area contributed by atoms with E-state index in [9.17, 15) is 8.42 Å². The maximum absolute atomic E-state index is 12.2. The van der Waals surface area contributed by atoms with Gasteiger partial charge in [0.2, 0.25) is 0 Å². The molecule has 3 nitrogen and oxygen atoms in total. The van der Waals surface area contributed by atoms with Crippen LogP contribution in [0.15, 0.2) is 10.3 Å². The smallest absolute Gasteiger partial charge is 0.206 e. The van der Waals surface area contributed by atoms with Gasteiger partial charge in [-0.15, -0.1) is 11.3 Å². The Morgan fingerprint density at radius 1 is 1.33 bits per heavy atom. The minimum atomic E-state index is -3.39. The predicted octanol–water partition coefficient (Wildman–Crippen LogP) is 3.33. The normalized spacial score (nSPS) is 13.3. The van der Waals surface area contributed by atoms with Gasteiger partial charge >= 0.3 is 0 Å². The molecular formula is C13H23NO2S2. The van der Waals surface area contributed by atoms with Crippen molar-refractivity contribution in [3.63, 3.8) is 0 Å². The molecule has 0 spiro atoms. The topological polar surface area (TPSA) is 46.2 Å². The van der Waals surface area contributed by atoms with E-state index < -0.39 is 15.6 Å². The maximum Gasteiger partial charge on any atom is 0.250 e. The predicted molar refractivity (Wildman–Crippen MR) is 77.7 cm³/mol. The minimum Gasteiger partial charge on any atom is -0.206 e. The summed E-state index contributed by atoms with van der Waals surface area (Å²) < 4.78 is 27.5. The number of sulfonamides is 1. The fraction of sp³-hybridized carbons (Fsp3) is 0.692. The first-order valence-corrected chi connectivity index (χ1v) is 8.44. The van der Waals surface area contributed by atoms with E-state index in [0.717, 1.165) is 12.0 Å². The van der Waals surface area contributed by atoms with Crippen molar-refractivity contribution < 1.29 is 8.42 Å². The third-order valence-corrected chi connectivity index (χ3v) is 5.79. The van der Waals surface area contributed by atoms with Gasteiger partial charge in [-0.3, -0.25) is 0 Å². The highest BCUT2D eigenvalue weighted by atomic mass is 32.2. The van der Waals surface area contributed by atoms with Crippen LogP contribution in [0, 0.1) is 12.8 Å². The summed E-state index contributed by atoms with van der Waals surface area (Å²) in [7, 11) is -3.39. The summed E-state index contributed by atoms with van der Waals surface area (Å²) in [5, 5.41) is 0. The molecule has 0 aliphatic heterocycles. The van der Waals surface area contributed by atoms with E-state index in [0.29, 0.717) is 10.1 Å². The van der Waals surface area contributed by atoms with Crippen LogP contribution in [0.2, 0.25) is 0 Å². The minimum absolute atomic E-state index is 0.422. The van der Waals surface area contributed by atoms with Gasteiger partial charge in [0.15, 0.2) is 0 Å². The van der Waals surface area contributed by atoms with Gasteiger partial charge in [0.05, 0.1) is 0 Å². The molecule has 104 valence electrons. The van der Waals surface area contributed by atoms with Gasteiger partial charge in [-0.1, -0.05) is 13.8 Å². The van der Waals surface area contributed by atoms with Crippen molar-refractivity contribution in [1.29, 1.82) is 0 Å². The zero-order valence-electron chi connectivity index (χ0n) is 12.0. The van der Waals surface area contributed by atoms with Crippen molar-refractivity contribution >= 4 is 21.4 Å². The Bertz CT molecular complexity index is 508. The van der Waals surface area contributed by atoms with E-state index >= 15 is 0 Å². The molecule has 18 heavy (non-hydrogen) atoms. The van der Waals surface area contributed by atoms with Crippen LogP contribution in [0.25, 0.3) is 0 Å². The summed E-state index contributed by atoms with van der Waals surface area (Å²) in [6.07, 6.45) is 0.932. The summed E-state index contributed by atoms with van der Waals surface area (Å²) in [6, 6.07) is 1.77. The fourth-order valence-electron chi connectivity index (χ4n) is 1.65. The second kappa shape index (κ2) is 5.31. The lowest BCUT2D eigenvalue weighted by molar-refractivity contribution is 0.492. The SMILES string of the molecule is Cc1cc(S(=O)(=O)NC(C)(C)C)sc1CC(C)C. The monoisotopic (exact) mass is 289 g/mol. The second-order valence-electron chi connectivity index (χ2n) is 6.13. The third-order valence-electron chi connectivity index (χ3n) is 2.30. The van der Waals surface area contributed by atoms with E-state index in [-0.39, 0.29) is 0 Å². The van der Waals surface area contributed by atoms with Crippen LogP contribution in [0.1, 0.15) is 45.1 Å². The standard InChI is InChI=1S/C13H23NO2S2/c1-9(2)7-11-10(3)8-12(17-11)18(15,16)14-13(4,5)6/h8-9,14H,7H2,1-6H3. The van der Waals surface area contributed by atoms with Gasteiger partial charge in [0, 0.05) is 10.4 Å². The molecule has 1 N–H and O–H groups in total. The lowest BCUT2D eigenvalue weighted by atomic mass is 10.1. The molecule has 0 fully saturated rings. The van der Waals surface area contributed by atoms with Crippen molar-refractivity contribution in [3.05, 3.63) is 16.5 Å². The van der Waals surface area contributed by atoms with Crippen molar-refractivity contribution in [2.75, 3.05) is 0 Å². The van der Waals surface area contributed by atoms with Crippen molar-refractivity contribution in [2.45, 2.75) is 57.7 Å². The zero-order valence-corrected chi connectivity index (χ0v) is 13.6. The average Bonchev–Trinajstić information content (AvgIpc) is 2.43. The maximum atomic E-state index is 12.2. The van der Waals surface area contributed by atoms with Crippen LogP contribution in [0.5, 0.6) is 0 Å². The molecule has 1 rings (SSSR count). The Balaban J connectivity index is 3.04. The number of rotatable bonds is 4. The Labute approximate surface area is 115 Å².